The smallest absolute Gasteiger partial charge is 0.111 e. The Kier molecular flexibility index (Phi) is 13.7. The average Bonchev–Trinajstić information content (AvgIpc) is 2.36. The second kappa shape index (κ2) is 12.2. The molecular formula is C10H24O7. The Hall–Kier alpha value is -0.280. The monoisotopic (exact) mass is 256 g/mol. The van der Waals surface area contributed by atoms with Gasteiger partial charge in [-0.25, -0.2) is 0 Å². The first-order valence-corrected chi connectivity index (χ1v) is 5.47. The highest BCUT2D eigenvalue weighted by molar-refractivity contribution is 4.79. The Morgan fingerprint density at radius 2 is 1.06 bits per heavy atom. The summed E-state index contributed by atoms with van der Waals surface area (Å²) in [6, 6.07) is 0. The van der Waals surface area contributed by atoms with E-state index in [0.717, 1.165) is 13.2 Å². The summed E-state index contributed by atoms with van der Waals surface area (Å²) in [7, 11) is 0. The molecule has 0 radical (unpaired) electrons. The molecule has 0 aliphatic carbocycles. The van der Waals surface area contributed by atoms with E-state index in [1.54, 1.807) is 0 Å². The molecule has 0 aliphatic rings. The van der Waals surface area contributed by atoms with Gasteiger partial charge in [0.05, 0.1) is 13.2 Å². The maximum absolute atomic E-state index is 8.96. The van der Waals surface area contributed by atoms with Crippen LogP contribution >= 0.6 is 0 Å². The van der Waals surface area contributed by atoms with Crippen LogP contribution in [0.15, 0.2) is 0 Å². The van der Waals surface area contributed by atoms with Crippen LogP contribution in [0.5, 0.6) is 0 Å². The molecule has 17 heavy (non-hydrogen) atoms. The number of ether oxygens (including phenoxy) is 1. The third-order valence-electron chi connectivity index (χ3n) is 1.92. The third kappa shape index (κ3) is 9.42. The van der Waals surface area contributed by atoms with E-state index in [0.29, 0.717) is 0 Å². The number of hydrogen-bond acceptors (Lipinski definition) is 7. The van der Waals surface area contributed by atoms with E-state index in [1.165, 1.54) is 0 Å². The minimum absolute atomic E-state index is 0.726. The molecule has 0 aromatic carbocycles. The van der Waals surface area contributed by atoms with Crippen LogP contribution in [0, 0.1) is 0 Å². The molecule has 0 aliphatic heterocycles. The molecule has 0 amide bonds. The molecule has 0 spiro atoms. The number of rotatable bonds is 7. The van der Waals surface area contributed by atoms with Crippen LogP contribution in [0.3, 0.4) is 0 Å². The fourth-order valence-electron chi connectivity index (χ4n) is 0.875. The van der Waals surface area contributed by atoms with E-state index < -0.39 is 37.6 Å². The first-order chi connectivity index (χ1) is 7.95. The van der Waals surface area contributed by atoms with E-state index in [1.807, 2.05) is 13.8 Å². The summed E-state index contributed by atoms with van der Waals surface area (Å²) in [6.07, 6.45) is -6.39. The molecule has 0 saturated carbocycles. The fourth-order valence-corrected chi connectivity index (χ4v) is 0.875. The molecule has 0 saturated heterocycles. The van der Waals surface area contributed by atoms with Gasteiger partial charge in [0.1, 0.15) is 24.4 Å². The Morgan fingerprint density at radius 3 is 1.18 bits per heavy atom. The van der Waals surface area contributed by atoms with Crippen LogP contribution in [-0.2, 0) is 4.74 Å². The van der Waals surface area contributed by atoms with Gasteiger partial charge in [0.2, 0.25) is 0 Å². The second-order valence-electron chi connectivity index (χ2n) is 3.26. The Balaban J connectivity index is 0. The van der Waals surface area contributed by atoms with E-state index in [2.05, 4.69) is 0 Å². The normalized spacial score (nSPS) is 17.6. The summed E-state index contributed by atoms with van der Waals surface area (Å²) in [4.78, 5) is 0. The second-order valence-corrected chi connectivity index (χ2v) is 3.26. The van der Waals surface area contributed by atoms with Crippen LogP contribution in [0.2, 0.25) is 0 Å². The predicted octanol–water partition coefficient (Wildman–Crippen LogP) is -2.54. The minimum Gasteiger partial charge on any atom is -0.394 e. The van der Waals surface area contributed by atoms with Crippen molar-refractivity contribution >= 4 is 0 Å². The van der Waals surface area contributed by atoms with Gasteiger partial charge in [0, 0.05) is 13.2 Å². The van der Waals surface area contributed by atoms with Gasteiger partial charge in [-0.05, 0) is 13.8 Å². The lowest BCUT2D eigenvalue weighted by molar-refractivity contribution is -0.123. The van der Waals surface area contributed by atoms with Gasteiger partial charge in [-0.15, -0.1) is 0 Å². The van der Waals surface area contributed by atoms with E-state index >= 15 is 0 Å². The van der Waals surface area contributed by atoms with Crippen molar-refractivity contribution in [3.8, 4) is 0 Å². The first kappa shape index (κ1) is 19.1. The number of aliphatic hydroxyl groups excluding tert-OH is 6. The lowest BCUT2D eigenvalue weighted by Crippen LogP contribution is -2.46. The number of hydrogen-bond donors (Lipinski definition) is 6. The van der Waals surface area contributed by atoms with E-state index in [4.69, 9.17) is 35.4 Å². The molecule has 0 heterocycles. The fraction of sp³-hybridized carbons (Fsp3) is 1.00. The van der Waals surface area contributed by atoms with Crippen LogP contribution < -0.4 is 0 Å². The zero-order chi connectivity index (χ0) is 13.8. The average molecular weight is 256 g/mol. The van der Waals surface area contributed by atoms with Gasteiger partial charge in [-0.3, -0.25) is 0 Å². The van der Waals surface area contributed by atoms with Gasteiger partial charge in [0.15, 0.2) is 0 Å². The maximum atomic E-state index is 8.96. The van der Waals surface area contributed by atoms with Gasteiger partial charge in [-0.1, -0.05) is 0 Å². The van der Waals surface area contributed by atoms with Crippen molar-refractivity contribution < 1.29 is 35.4 Å². The van der Waals surface area contributed by atoms with Gasteiger partial charge in [0.25, 0.3) is 0 Å². The van der Waals surface area contributed by atoms with Crippen molar-refractivity contribution in [3.63, 3.8) is 0 Å². The Labute approximate surface area is 101 Å². The highest BCUT2D eigenvalue weighted by atomic mass is 16.5. The van der Waals surface area contributed by atoms with Crippen LogP contribution in [0.25, 0.3) is 0 Å². The van der Waals surface area contributed by atoms with Crippen molar-refractivity contribution in [1.82, 2.24) is 0 Å². The van der Waals surface area contributed by atoms with Crippen molar-refractivity contribution in [2.45, 2.75) is 38.3 Å². The largest absolute Gasteiger partial charge is 0.394 e. The summed E-state index contributed by atoms with van der Waals surface area (Å²) in [5, 5.41) is 52.2. The molecule has 0 unspecified atom stereocenters. The first-order valence-electron chi connectivity index (χ1n) is 5.47. The van der Waals surface area contributed by atoms with Crippen molar-refractivity contribution in [2.75, 3.05) is 26.4 Å². The molecule has 4 atom stereocenters. The molecule has 0 aromatic rings. The van der Waals surface area contributed by atoms with E-state index in [9.17, 15) is 0 Å². The molecular weight excluding hydrogens is 232 g/mol. The summed E-state index contributed by atoms with van der Waals surface area (Å²) in [5.74, 6) is 0. The topological polar surface area (TPSA) is 131 Å². The zero-order valence-corrected chi connectivity index (χ0v) is 10.2. The Bertz CT molecular complexity index is 140. The summed E-state index contributed by atoms with van der Waals surface area (Å²) in [6.45, 7) is 4.22. The van der Waals surface area contributed by atoms with Crippen LogP contribution in [0.1, 0.15) is 13.8 Å². The van der Waals surface area contributed by atoms with Crippen molar-refractivity contribution in [1.29, 1.82) is 0 Å². The van der Waals surface area contributed by atoms with E-state index in [-0.39, 0.29) is 0 Å². The third-order valence-corrected chi connectivity index (χ3v) is 1.92. The molecule has 6 N–H and O–H groups in total. The molecule has 0 aromatic heterocycles. The maximum Gasteiger partial charge on any atom is 0.111 e. The predicted molar refractivity (Wildman–Crippen MR) is 60.4 cm³/mol. The molecule has 0 rings (SSSR count). The summed E-state index contributed by atoms with van der Waals surface area (Å²) >= 11 is 0. The zero-order valence-electron chi connectivity index (χ0n) is 10.2. The van der Waals surface area contributed by atoms with Gasteiger partial charge in [-0.2, -0.15) is 0 Å². The van der Waals surface area contributed by atoms with Crippen LogP contribution in [0.4, 0.5) is 0 Å². The summed E-state index contributed by atoms with van der Waals surface area (Å²) in [5.41, 5.74) is 0. The molecule has 7 heteroatoms. The Morgan fingerprint density at radius 1 is 0.765 bits per heavy atom. The van der Waals surface area contributed by atoms with Crippen molar-refractivity contribution in [3.05, 3.63) is 0 Å². The SMILES string of the molecule is CCOCC.OC[C@@H](O)[C@@H](O)[C@H](O)[C@H](O)CO. The molecule has 7 nitrogen and oxygen atoms in total. The molecule has 106 valence electrons. The summed E-state index contributed by atoms with van der Waals surface area (Å²) < 4.78 is 4.83. The highest BCUT2D eigenvalue weighted by Crippen LogP contribution is 2.03. The highest BCUT2D eigenvalue weighted by Gasteiger charge is 2.29. The quantitative estimate of drug-likeness (QED) is 0.296. The van der Waals surface area contributed by atoms with Gasteiger partial charge < -0.3 is 35.4 Å². The van der Waals surface area contributed by atoms with Crippen molar-refractivity contribution in [2.24, 2.45) is 0 Å². The standard InChI is InChI=1S/C6H14O6.C4H10O/c7-1-3(9)5(11)6(12)4(10)2-8;1-3-5-4-2/h3-12H,1-2H2;3-4H2,1-2H3/t3-,4-,5-,6-;/m1./s1. The lowest BCUT2D eigenvalue weighted by Gasteiger charge is -2.24. The minimum atomic E-state index is -1.67. The number of aliphatic hydroxyl groups is 6. The lowest BCUT2D eigenvalue weighted by atomic mass is 10.0. The molecule has 0 bridgehead atoms. The molecule has 0 fully saturated rings. The van der Waals surface area contributed by atoms with Crippen LogP contribution in [-0.4, -0.2) is 81.5 Å². The van der Waals surface area contributed by atoms with Gasteiger partial charge >= 0.3 is 0 Å².